The highest BCUT2D eigenvalue weighted by molar-refractivity contribution is 5.91. The van der Waals surface area contributed by atoms with E-state index in [0.717, 1.165) is 27.7 Å². The highest BCUT2D eigenvalue weighted by Gasteiger charge is 2.24. The molecule has 2 atom stereocenters. The number of carbonyl (C=O) groups is 1. The van der Waals surface area contributed by atoms with Crippen molar-refractivity contribution in [3.63, 3.8) is 0 Å². The standard InChI is InChI=1S/C28H29FN8O3/c1-17-24(35-28(39)40-23-7-8-30-22(11-23)15-38)14-37-26(17)27(31-16-33-37)34-21-5-6-25-19(10-21)12-32-36(25)13-18-3-2-4-20(29)9-18/h2-6,9-10,12,14,16,22-23,30,38H,7-8,11,13,15H2,1H3,(H,35,39)(H,31,33,34)/t22-,23-/m0/s1. The Morgan fingerprint density at radius 1 is 1.25 bits per heavy atom. The molecule has 0 unspecified atom stereocenters. The van der Waals surface area contributed by atoms with Gasteiger partial charge in [-0.25, -0.2) is 18.7 Å². The maximum atomic E-state index is 13.6. The van der Waals surface area contributed by atoms with E-state index in [0.29, 0.717) is 43.0 Å². The second-order valence-electron chi connectivity index (χ2n) is 9.91. The summed E-state index contributed by atoms with van der Waals surface area (Å²) < 4.78 is 22.7. The lowest BCUT2D eigenvalue weighted by Gasteiger charge is -2.28. The molecule has 11 nitrogen and oxygen atoms in total. The summed E-state index contributed by atoms with van der Waals surface area (Å²) in [5.41, 5.74) is 4.61. The lowest BCUT2D eigenvalue weighted by molar-refractivity contribution is 0.0680. The fourth-order valence-electron chi connectivity index (χ4n) is 5.12. The zero-order valence-corrected chi connectivity index (χ0v) is 21.8. The van der Waals surface area contributed by atoms with Gasteiger partial charge in [-0.05, 0) is 55.8 Å². The van der Waals surface area contributed by atoms with Gasteiger partial charge in [0.2, 0.25) is 0 Å². The van der Waals surface area contributed by atoms with Crippen LogP contribution in [0.4, 0.5) is 26.4 Å². The summed E-state index contributed by atoms with van der Waals surface area (Å²) in [5, 5.41) is 28.5. The molecule has 3 aromatic heterocycles. The molecule has 1 amide bonds. The number of hydrogen-bond acceptors (Lipinski definition) is 8. The van der Waals surface area contributed by atoms with Crippen molar-refractivity contribution < 1.29 is 19.0 Å². The number of anilines is 3. The number of halogens is 1. The maximum absolute atomic E-state index is 13.6. The van der Waals surface area contributed by atoms with E-state index in [1.807, 2.05) is 35.9 Å². The van der Waals surface area contributed by atoms with E-state index in [1.165, 1.54) is 18.5 Å². The molecule has 1 fully saturated rings. The Bertz CT molecular complexity index is 1680. The van der Waals surface area contributed by atoms with Crippen LogP contribution in [0.1, 0.15) is 24.0 Å². The summed E-state index contributed by atoms with van der Waals surface area (Å²) in [6, 6.07) is 12.3. The number of rotatable bonds is 7. The number of aryl methyl sites for hydroxylation is 1. The van der Waals surface area contributed by atoms with Crippen LogP contribution in [0.25, 0.3) is 16.4 Å². The first-order valence-corrected chi connectivity index (χ1v) is 13.1. The van der Waals surface area contributed by atoms with E-state index in [4.69, 9.17) is 4.74 Å². The molecule has 0 bridgehead atoms. The molecule has 5 aromatic rings. The molecule has 0 saturated carbocycles. The minimum absolute atomic E-state index is 0.00407. The molecule has 1 aliphatic heterocycles. The second-order valence-corrected chi connectivity index (χ2v) is 9.91. The lowest BCUT2D eigenvalue weighted by atomic mass is 10.0. The first kappa shape index (κ1) is 25.7. The largest absolute Gasteiger partial charge is 0.446 e. The van der Waals surface area contributed by atoms with Crippen LogP contribution in [0.15, 0.2) is 61.2 Å². The molecule has 40 heavy (non-hydrogen) atoms. The number of aliphatic hydroxyl groups excluding tert-OH is 1. The number of amides is 1. The van der Waals surface area contributed by atoms with Crippen molar-refractivity contribution in [3.8, 4) is 0 Å². The Labute approximate surface area is 229 Å². The first-order chi connectivity index (χ1) is 19.5. The minimum atomic E-state index is -0.550. The molecule has 0 radical (unpaired) electrons. The van der Waals surface area contributed by atoms with Crippen molar-refractivity contribution in [3.05, 3.63) is 78.1 Å². The van der Waals surface area contributed by atoms with Crippen LogP contribution in [0.3, 0.4) is 0 Å². The molecule has 6 rings (SSSR count). The molecule has 1 saturated heterocycles. The third-order valence-electron chi connectivity index (χ3n) is 7.13. The van der Waals surface area contributed by atoms with Crippen molar-refractivity contribution in [1.29, 1.82) is 0 Å². The molecule has 0 spiro atoms. The second kappa shape index (κ2) is 10.9. The predicted molar refractivity (Wildman–Crippen MR) is 148 cm³/mol. The zero-order valence-electron chi connectivity index (χ0n) is 21.8. The predicted octanol–water partition coefficient (Wildman–Crippen LogP) is 3.98. The number of ether oxygens (including phenoxy) is 1. The Morgan fingerprint density at radius 3 is 3.00 bits per heavy atom. The Kier molecular flexibility index (Phi) is 7.01. The summed E-state index contributed by atoms with van der Waals surface area (Å²) in [7, 11) is 0. The third-order valence-corrected chi connectivity index (χ3v) is 7.13. The van der Waals surface area contributed by atoms with Gasteiger partial charge in [0.05, 0.1) is 36.7 Å². The van der Waals surface area contributed by atoms with E-state index in [1.54, 1.807) is 23.0 Å². The summed E-state index contributed by atoms with van der Waals surface area (Å²) in [5.74, 6) is 0.301. The number of aromatic nitrogens is 5. The van der Waals surface area contributed by atoms with Crippen LogP contribution in [0.5, 0.6) is 0 Å². The van der Waals surface area contributed by atoms with Gasteiger partial charge in [0.1, 0.15) is 23.8 Å². The number of fused-ring (bicyclic) bond motifs is 2. The average molecular weight is 545 g/mol. The highest BCUT2D eigenvalue weighted by atomic mass is 19.1. The topological polar surface area (TPSA) is 131 Å². The Morgan fingerprint density at radius 2 is 2.15 bits per heavy atom. The number of piperidine rings is 1. The number of nitrogens with one attached hydrogen (secondary N) is 3. The minimum Gasteiger partial charge on any atom is -0.446 e. The molecule has 12 heteroatoms. The van der Waals surface area contributed by atoms with Crippen LogP contribution in [-0.4, -0.2) is 60.9 Å². The van der Waals surface area contributed by atoms with Gasteiger partial charge < -0.3 is 20.5 Å². The smallest absolute Gasteiger partial charge is 0.411 e. The van der Waals surface area contributed by atoms with E-state index < -0.39 is 6.09 Å². The van der Waals surface area contributed by atoms with Crippen LogP contribution >= 0.6 is 0 Å². The van der Waals surface area contributed by atoms with Crippen molar-refractivity contribution in [2.75, 3.05) is 23.8 Å². The quantitative estimate of drug-likeness (QED) is 0.242. The number of nitrogens with zero attached hydrogens (tertiary/aromatic N) is 5. The fraction of sp³-hybridized carbons (Fsp3) is 0.286. The lowest BCUT2D eigenvalue weighted by Crippen LogP contribution is -2.44. The van der Waals surface area contributed by atoms with Gasteiger partial charge in [-0.2, -0.15) is 10.2 Å². The molecule has 4 N–H and O–H groups in total. The fourth-order valence-corrected chi connectivity index (χ4v) is 5.12. The van der Waals surface area contributed by atoms with Crippen LogP contribution < -0.4 is 16.0 Å². The van der Waals surface area contributed by atoms with Gasteiger partial charge in [0.15, 0.2) is 5.82 Å². The summed E-state index contributed by atoms with van der Waals surface area (Å²) in [4.78, 5) is 17.1. The molecule has 206 valence electrons. The van der Waals surface area contributed by atoms with Gasteiger partial charge in [-0.3, -0.25) is 10.00 Å². The van der Waals surface area contributed by atoms with Crippen molar-refractivity contribution in [1.82, 2.24) is 29.7 Å². The normalized spacial score (nSPS) is 17.3. The molecular weight excluding hydrogens is 515 g/mol. The Hall–Kier alpha value is -4.55. The van der Waals surface area contributed by atoms with E-state index in [9.17, 15) is 14.3 Å². The SMILES string of the molecule is Cc1c(NC(=O)O[C@H]2CCN[C@H](CO)C2)cn2ncnc(Nc3ccc4c(cnn4Cc4cccc(F)c4)c3)c12. The number of aliphatic hydroxyl groups is 1. The summed E-state index contributed by atoms with van der Waals surface area (Å²) in [6.07, 6.45) is 5.37. The first-order valence-electron chi connectivity index (χ1n) is 13.1. The number of benzene rings is 2. The van der Waals surface area contributed by atoms with Gasteiger partial charge in [0.25, 0.3) is 0 Å². The maximum Gasteiger partial charge on any atom is 0.411 e. The monoisotopic (exact) mass is 544 g/mol. The van der Waals surface area contributed by atoms with E-state index in [-0.39, 0.29) is 24.6 Å². The summed E-state index contributed by atoms with van der Waals surface area (Å²) >= 11 is 0. The third kappa shape index (κ3) is 5.31. The highest BCUT2D eigenvalue weighted by Crippen LogP contribution is 2.30. The van der Waals surface area contributed by atoms with Gasteiger partial charge in [-0.1, -0.05) is 12.1 Å². The summed E-state index contributed by atoms with van der Waals surface area (Å²) in [6.45, 7) is 3.03. The number of hydrogen-bond donors (Lipinski definition) is 4. The van der Waals surface area contributed by atoms with Gasteiger partial charge in [-0.15, -0.1) is 0 Å². The van der Waals surface area contributed by atoms with Crippen molar-refractivity contribution in [2.45, 2.75) is 38.5 Å². The van der Waals surface area contributed by atoms with E-state index >= 15 is 0 Å². The molecular formula is C28H29FN8O3. The van der Waals surface area contributed by atoms with Gasteiger partial charge >= 0.3 is 6.09 Å². The van der Waals surface area contributed by atoms with E-state index in [2.05, 4.69) is 31.1 Å². The average Bonchev–Trinajstić information content (AvgIpc) is 3.49. The van der Waals surface area contributed by atoms with Gasteiger partial charge in [0, 0.05) is 29.1 Å². The van der Waals surface area contributed by atoms with Crippen LogP contribution in [-0.2, 0) is 11.3 Å². The van der Waals surface area contributed by atoms with Crippen LogP contribution in [0.2, 0.25) is 0 Å². The van der Waals surface area contributed by atoms with Crippen molar-refractivity contribution in [2.24, 2.45) is 0 Å². The van der Waals surface area contributed by atoms with Crippen LogP contribution in [0, 0.1) is 12.7 Å². The van der Waals surface area contributed by atoms with Crippen molar-refractivity contribution >= 4 is 39.7 Å². The number of carbonyl (C=O) groups excluding carboxylic acids is 1. The Balaban J connectivity index is 1.19. The zero-order chi connectivity index (χ0) is 27.6. The molecule has 0 aliphatic carbocycles. The molecule has 4 heterocycles. The molecule has 2 aromatic carbocycles. The molecule has 1 aliphatic rings.